The molecule has 2 N–H and O–H groups in total. The van der Waals surface area contributed by atoms with Crippen molar-refractivity contribution in [3.8, 4) is 5.75 Å². The summed E-state index contributed by atoms with van der Waals surface area (Å²) in [6, 6.07) is 7.32. The third-order valence-corrected chi connectivity index (χ3v) is 6.23. The Bertz CT molecular complexity index is 1450. The van der Waals surface area contributed by atoms with E-state index in [9.17, 15) is 14.7 Å². The van der Waals surface area contributed by atoms with Gasteiger partial charge in [0.05, 0.1) is 23.3 Å². The van der Waals surface area contributed by atoms with Gasteiger partial charge in [0.2, 0.25) is 5.75 Å². The highest BCUT2D eigenvalue weighted by Gasteiger charge is 2.31. The van der Waals surface area contributed by atoms with Gasteiger partial charge in [0.25, 0.3) is 11.5 Å². The minimum atomic E-state index is -0.780. The molecule has 0 aliphatic heterocycles. The average Bonchev–Trinajstić information content (AvgIpc) is 3.34. The summed E-state index contributed by atoms with van der Waals surface area (Å²) in [6.45, 7) is 5.58. The molecular formula is C24H23ClN6O4. The number of benzene rings is 1. The number of halogens is 1. The van der Waals surface area contributed by atoms with E-state index in [1.807, 2.05) is 39.0 Å². The van der Waals surface area contributed by atoms with E-state index in [0.29, 0.717) is 10.7 Å². The Kier molecular flexibility index (Phi) is 6.65. The van der Waals surface area contributed by atoms with Crippen LogP contribution >= 0.6 is 11.6 Å². The Morgan fingerprint density at radius 3 is 2.57 bits per heavy atom. The Morgan fingerprint density at radius 2 is 1.91 bits per heavy atom. The fourth-order valence-electron chi connectivity index (χ4n) is 3.90. The van der Waals surface area contributed by atoms with Crippen LogP contribution in [0.1, 0.15) is 57.7 Å². The van der Waals surface area contributed by atoms with Crippen LogP contribution in [0.3, 0.4) is 0 Å². The molecule has 0 bridgehead atoms. The van der Waals surface area contributed by atoms with E-state index in [1.54, 1.807) is 12.3 Å². The van der Waals surface area contributed by atoms with E-state index < -0.39 is 34.7 Å². The number of hydrogen-bond donors (Lipinski definition) is 2. The first-order chi connectivity index (χ1) is 16.7. The van der Waals surface area contributed by atoms with Gasteiger partial charge in [-0.05, 0) is 25.5 Å². The number of aryl methyl sites for hydroxylation is 2. The van der Waals surface area contributed by atoms with Gasteiger partial charge in [-0.15, -0.1) is 0 Å². The molecule has 2 atom stereocenters. The average molecular weight is 495 g/mol. The molecule has 1 aromatic carbocycles. The maximum atomic E-state index is 12.9. The summed E-state index contributed by atoms with van der Waals surface area (Å²) in [5.41, 5.74) is 2.02. The second-order valence-electron chi connectivity index (χ2n) is 8.15. The van der Waals surface area contributed by atoms with Gasteiger partial charge in [0.1, 0.15) is 17.8 Å². The molecular weight excluding hydrogens is 472 g/mol. The van der Waals surface area contributed by atoms with E-state index in [4.69, 9.17) is 21.1 Å². The zero-order valence-corrected chi connectivity index (χ0v) is 20.2. The van der Waals surface area contributed by atoms with E-state index >= 15 is 0 Å². The lowest BCUT2D eigenvalue weighted by Crippen LogP contribution is -2.29. The fraction of sp³-hybridized carbons (Fsp3) is 0.250. The lowest BCUT2D eigenvalue weighted by atomic mass is 9.83. The van der Waals surface area contributed by atoms with Crippen molar-refractivity contribution in [1.82, 2.24) is 24.7 Å². The summed E-state index contributed by atoms with van der Waals surface area (Å²) in [6.07, 6.45) is 4.17. The molecule has 1 amide bonds. The van der Waals surface area contributed by atoms with E-state index in [2.05, 4.69) is 20.4 Å². The van der Waals surface area contributed by atoms with Crippen molar-refractivity contribution in [3.63, 3.8) is 0 Å². The predicted octanol–water partition coefficient (Wildman–Crippen LogP) is 3.72. The third-order valence-electron chi connectivity index (χ3n) is 5.88. The van der Waals surface area contributed by atoms with Crippen molar-refractivity contribution in [3.05, 3.63) is 92.5 Å². The first kappa shape index (κ1) is 24.1. The van der Waals surface area contributed by atoms with Crippen LogP contribution in [0.25, 0.3) is 0 Å². The number of carbonyl (C=O) groups is 1. The van der Waals surface area contributed by atoms with Crippen LogP contribution in [0.2, 0.25) is 5.02 Å². The van der Waals surface area contributed by atoms with Crippen LogP contribution in [0.15, 0.2) is 52.2 Å². The van der Waals surface area contributed by atoms with Gasteiger partial charge in [0, 0.05) is 30.1 Å². The lowest BCUT2D eigenvalue weighted by Gasteiger charge is -2.26. The van der Waals surface area contributed by atoms with Crippen molar-refractivity contribution in [2.24, 2.45) is 7.05 Å². The molecule has 11 heteroatoms. The zero-order valence-electron chi connectivity index (χ0n) is 19.5. The number of nitrogens with one attached hydrogen (secondary N) is 1. The van der Waals surface area contributed by atoms with Gasteiger partial charge >= 0.3 is 0 Å². The van der Waals surface area contributed by atoms with Crippen LogP contribution in [-0.2, 0) is 7.05 Å². The Morgan fingerprint density at radius 1 is 1.17 bits per heavy atom. The monoisotopic (exact) mass is 494 g/mol. The Labute approximate surface area is 205 Å². The number of anilines is 1. The molecule has 3 aromatic heterocycles. The molecule has 35 heavy (non-hydrogen) atoms. The molecule has 0 radical (unpaired) electrons. The van der Waals surface area contributed by atoms with Crippen molar-refractivity contribution >= 4 is 23.2 Å². The van der Waals surface area contributed by atoms with Crippen LogP contribution in [-0.4, -0.2) is 35.7 Å². The minimum Gasteiger partial charge on any atom is -0.501 e. The van der Waals surface area contributed by atoms with Crippen LogP contribution in [0.5, 0.6) is 5.75 Å². The van der Waals surface area contributed by atoms with Crippen molar-refractivity contribution in [1.29, 1.82) is 0 Å². The highest BCUT2D eigenvalue weighted by atomic mass is 35.5. The summed E-state index contributed by atoms with van der Waals surface area (Å²) < 4.78 is 5.92. The van der Waals surface area contributed by atoms with Crippen LogP contribution in [0.4, 0.5) is 5.69 Å². The first-order valence-electron chi connectivity index (χ1n) is 10.7. The second-order valence-corrected chi connectivity index (χ2v) is 8.56. The van der Waals surface area contributed by atoms with Gasteiger partial charge in [-0.3, -0.25) is 24.1 Å². The molecule has 0 saturated heterocycles. The number of aromatic nitrogens is 5. The van der Waals surface area contributed by atoms with Gasteiger partial charge in [-0.25, -0.2) is 4.98 Å². The molecule has 4 rings (SSSR count). The molecule has 0 fully saturated rings. The maximum absolute atomic E-state index is 12.9. The molecule has 0 unspecified atom stereocenters. The summed E-state index contributed by atoms with van der Waals surface area (Å²) in [5.74, 6) is -2.23. The predicted molar refractivity (Wildman–Crippen MR) is 129 cm³/mol. The summed E-state index contributed by atoms with van der Waals surface area (Å²) in [7, 11) is 1.48. The summed E-state index contributed by atoms with van der Waals surface area (Å²) >= 11 is 6.57. The third kappa shape index (κ3) is 4.65. The minimum absolute atomic E-state index is 0.255. The first-order valence-corrected chi connectivity index (χ1v) is 11.1. The van der Waals surface area contributed by atoms with Gasteiger partial charge in [-0.2, -0.15) is 0 Å². The van der Waals surface area contributed by atoms with Crippen LogP contribution < -0.4 is 10.9 Å². The highest BCUT2D eigenvalue weighted by molar-refractivity contribution is 6.31. The SMILES string of the molecule is Cc1ncc([C@@H](c2ccccc2Cl)[C@H](C)c2nc(C(=O)Nc3cnoc3)c(O)c(=O)n2C)nc1C. The number of amides is 1. The smallest absolute Gasteiger partial charge is 0.296 e. The molecule has 0 aliphatic rings. The van der Waals surface area contributed by atoms with Gasteiger partial charge in [-0.1, -0.05) is 41.9 Å². The summed E-state index contributed by atoms with van der Waals surface area (Å²) in [4.78, 5) is 39.3. The largest absolute Gasteiger partial charge is 0.501 e. The molecule has 180 valence electrons. The van der Waals surface area contributed by atoms with E-state index in [1.165, 1.54) is 24.1 Å². The Balaban J connectivity index is 1.86. The number of aromatic hydroxyl groups is 1. The number of rotatable bonds is 6. The number of hydrogen-bond acceptors (Lipinski definition) is 8. The summed E-state index contributed by atoms with van der Waals surface area (Å²) in [5, 5.41) is 17.0. The number of carbonyl (C=O) groups excluding carboxylic acids is 1. The molecule has 0 aliphatic carbocycles. The standard InChI is InChI=1S/C24H23ClN6O4/c1-12(19(16-7-5-6-8-17(16)25)18-10-26-13(2)14(3)28-18)22-30-20(21(32)24(34)31(22)4)23(33)29-15-9-27-35-11-15/h5-12,19,32H,1-4H3,(H,29,33)/t12-,19+/m0/s1. The van der Waals surface area contributed by atoms with Crippen molar-refractivity contribution in [2.45, 2.75) is 32.6 Å². The molecule has 10 nitrogen and oxygen atoms in total. The van der Waals surface area contributed by atoms with Gasteiger partial charge < -0.3 is 14.9 Å². The zero-order chi connectivity index (χ0) is 25.3. The van der Waals surface area contributed by atoms with Crippen LogP contribution in [0, 0.1) is 13.8 Å². The van der Waals surface area contributed by atoms with E-state index in [-0.39, 0.29) is 11.5 Å². The Hall–Kier alpha value is -4.05. The molecule has 3 heterocycles. The van der Waals surface area contributed by atoms with Crippen molar-refractivity contribution in [2.75, 3.05) is 5.32 Å². The van der Waals surface area contributed by atoms with E-state index in [0.717, 1.165) is 17.0 Å². The lowest BCUT2D eigenvalue weighted by molar-refractivity contribution is 0.101. The highest BCUT2D eigenvalue weighted by Crippen LogP contribution is 2.39. The molecule has 0 spiro atoms. The van der Waals surface area contributed by atoms with Crippen molar-refractivity contribution < 1.29 is 14.4 Å². The quantitative estimate of drug-likeness (QED) is 0.414. The normalized spacial score (nSPS) is 12.8. The second kappa shape index (κ2) is 9.67. The number of nitrogens with zero attached hydrogens (tertiary/aromatic N) is 5. The fourth-order valence-corrected chi connectivity index (χ4v) is 4.15. The van der Waals surface area contributed by atoms with Gasteiger partial charge in [0.15, 0.2) is 5.69 Å². The topological polar surface area (TPSA) is 136 Å². The molecule has 0 saturated carbocycles. The molecule has 4 aromatic rings. The maximum Gasteiger partial charge on any atom is 0.296 e.